The highest BCUT2D eigenvalue weighted by Gasteiger charge is 2.48. The van der Waals surface area contributed by atoms with Crippen LogP contribution in [0.25, 0.3) is 0 Å². The number of aliphatic imine (C=N–C) groups is 1. The molecule has 3 unspecified atom stereocenters. The molecule has 1 aromatic rings. The van der Waals surface area contributed by atoms with E-state index in [1.807, 2.05) is 35.2 Å². The van der Waals surface area contributed by atoms with E-state index in [1.54, 1.807) is 26.8 Å². The van der Waals surface area contributed by atoms with Crippen LogP contribution in [-0.2, 0) is 25.8 Å². The number of sulfone groups is 1. The SMILES string of the molecule is C=CCN1C(=NC(=O)C(Cc2ccccc2)NC(=O)OC(C)(C)C)SC2CS(=O)(=O)CC21. The molecule has 2 aliphatic rings. The molecule has 2 aliphatic heterocycles. The summed E-state index contributed by atoms with van der Waals surface area (Å²) >= 11 is 1.30. The second-order valence-electron chi connectivity index (χ2n) is 8.86. The van der Waals surface area contributed by atoms with Gasteiger partial charge in [0.15, 0.2) is 15.0 Å². The Balaban J connectivity index is 1.82. The number of hydrogen-bond acceptors (Lipinski definition) is 6. The fraction of sp³-hybridized carbons (Fsp3) is 0.500. The second-order valence-corrected chi connectivity index (χ2v) is 12.2. The molecule has 0 radical (unpaired) electrons. The van der Waals surface area contributed by atoms with E-state index in [1.165, 1.54) is 11.8 Å². The number of carbonyl (C=O) groups is 2. The van der Waals surface area contributed by atoms with Gasteiger partial charge in [-0.05, 0) is 26.3 Å². The first-order chi connectivity index (χ1) is 15.0. The van der Waals surface area contributed by atoms with E-state index in [2.05, 4.69) is 16.9 Å². The lowest BCUT2D eigenvalue weighted by molar-refractivity contribution is -0.119. The van der Waals surface area contributed by atoms with Gasteiger partial charge in [-0.3, -0.25) is 4.79 Å². The van der Waals surface area contributed by atoms with Crippen molar-refractivity contribution in [3.8, 4) is 0 Å². The molecule has 10 heteroatoms. The lowest BCUT2D eigenvalue weighted by Crippen LogP contribution is -2.45. The lowest BCUT2D eigenvalue weighted by atomic mass is 10.1. The van der Waals surface area contributed by atoms with Gasteiger partial charge in [0.2, 0.25) is 0 Å². The number of thioether (sulfide) groups is 1. The zero-order valence-electron chi connectivity index (χ0n) is 18.5. The van der Waals surface area contributed by atoms with E-state index in [-0.39, 0.29) is 29.2 Å². The summed E-state index contributed by atoms with van der Waals surface area (Å²) in [6.45, 7) is 9.36. The molecule has 8 nitrogen and oxygen atoms in total. The Hall–Kier alpha value is -2.33. The monoisotopic (exact) mass is 479 g/mol. The Labute approximate surface area is 193 Å². The molecule has 2 fully saturated rings. The summed E-state index contributed by atoms with van der Waals surface area (Å²) < 4.78 is 29.4. The van der Waals surface area contributed by atoms with Gasteiger partial charge in [0.25, 0.3) is 5.91 Å². The van der Waals surface area contributed by atoms with Gasteiger partial charge in [0.1, 0.15) is 11.6 Å². The van der Waals surface area contributed by atoms with Crippen molar-refractivity contribution < 1.29 is 22.7 Å². The van der Waals surface area contributed by atoms with Gasteiger partial charge in [-0.25, -0.2) is 13.2 Å². The summed E-state index contributed by atoms with van der Waals surface area (Å²) in [6, 6.07) is 8.17. The number of benzene rings is 1. The number of fused-ring (bicyclic) bond motifs is 1. The Morgan fingerprint density at radius 1 is 1.31 bits per heavy atom. The van der Waals surface area contributed by atoms with Crippen LogP contribution in [0.1, 0.15) is 26.3 Å². The number of nitrogens with zero attached hydrogens (tertiary/aromatic N) is 2. The maximum atomic E-state index is 13.2. The number of amidine groups is 1. The molecule has 1 aromatic carbocycles. The summed E-state index contributed by atoms with van der Waals surface area (Å²) in [5.41, 5.74) is 0.161. The lowest BCUT2D eigenvalue weighted by Gasteiger charge is -2.24. The number of alkyl carbamates (subject to hydrolysis) is 1. The summed E-state index contributed by atoms with van der Waals surface area (Å²) in [6.07, 6.45) is 1.22. The van der Waals surface area contributed by atoms with Crippen molar-refractivity contribution in [1.29, 1.82) is 0 Å². The van der Waals surface area contributed by atoms with Gasteiger partial charge in [-0.1, -0.05) is 48.2 Å². The highest BCUT2D eigenvalue weighted by Crippen LogP contribution is 2.38. The molecule has 3 atom stereocenters. The van der Waals surface area contributed by atoms with Crippen molar-refractivity contribution in [1.82, 2.24) is 10.2 Å². The normalized spacial score (nSPS) is 24.1. The van der Waals surface area contributed by atoms with E-state index in [0.717, 1.165) is 5.56 Å². The molecule has 0 bridgehead atoms. The smallest absolute Gasteiger partial charge is 0.408 e. The summed E-state index contributed by atoms with van der Waals surface area (Å²) in [7, 11) is -3.11. The van der Waals surface area contributed by atoms with Crippen LogP contribution >= 0.6 is 11.8 Å². The number of carbonyl (C=O) groups excluding carboxylic acids is 2. The number of nitrogens with one attached hydrogen (secondary N) is 1. The van der Waals surface area contributed by atoms with Gasteiger partial charge in [-0.2, -0.15) is 4.99 Å². The van der Waals surface area contributed by atoms with Crippen molar-refractivity contribution in [3.63, 3.8) is 0 Å². The molecule has 2 saturated heterocycles. The van der Waals surface area contributed by atoms with Crippen molar-refractivity contribution >= 4 is 38.8 Å². The van der Waals surface area contributed by atoms with Crippen molar-refractivity contribution in [2.75, 3.05) is 18.1 Å². The van der Waals surface area contributed by atoms with Gasteiger partial charge in [-0.15, -0.1) is 6.58 Å². The van der Waals surface area contributed by atoms with Crippen LogP contribution in [0.2, 0.25) is 0 Å². The molecule has 174 valence electrons. The number of amides is 2. The molecule has 1 N–H and O–H groups in total. The van der Waals surface area contributed by atoms with Gasteiger partial charge in [0, 0.05) is 18.2 Å². The number of rotatable bonds is 6. The third-order valence-corrected chi connectivity index (χ3v) is 8.23. The van der Waals surface area contributed by atoms with E-state index >= 15 is 0 Å². The first-order valence-corrected chi connectivity index (χ1v) is 13.1. The van der Waals surface area contributed by atoms with Crippen molar-refractivity contribution in [2.24, 2.45) is 4.99 Å². The molecule has 0 saturated carbocycles. The first-order valence-electron chi connectivity index (χ1n) is 10.4. The Morgan fingerprint density at radius 3 is 2.62 bits per heavy atom. The zero-order chi connectivity index (χ0) is 23.5. The van der Waals surface area contributed by atoms with Crippen LogP contribution < -0.4 is 5.32 Å². The largest absolute Gasteiger partial charge is 0.444 e. The van der Waals surface area contributed by atoms with Gasteiger partial charge >= 0.3 is 6.09 Å². The average molecular weight is 480 g/mol. The Bertz CT molecular complexity index is 1000. The van der Waals surface area contributed by atoms with Crippen LogP contribution in [0.15, 0.2) is 48.0 Å². The van der Waals surface area contributed by atoms with Gasteiger partial charge < -0.3 is 15.0 Å². The molecule has 3 rings (SSSR count). The number of ether oxygens (including phenoxy) is 1. The molecular weight excluding hydrogens is 450 g/mol. The van der Waals surface area contributed by atoms with Crippen LogP contribution in [-0.4, -0.2) is 71.5 Å². The Kier molecular flexibility index (Phi) is 7.34. The predicted octanol–water partition coefficient (Wildman–Crippen LogP) is 2.41. The minimum atomic E-state index is -3.11. The molecule has 2 amide bonds. The quantitative estimate of drug-likeness (QED) is 0.625. The second kappa shape index (κ2) is 9.66. The van der Waals surface area contributed by atoms with Crippen LogP contribution in [0.3, 0.4) is 0 Å². The fourth-order valence-corrected chi connectivity index (χ4v) is 7.63. The summed E-state index contributed by atoms with van der Waals surface area (Å²) in [5.74, 6) is -0.415. The van der Waals surface area contributed by atoms with E-state index < -0.39 is 33.5 Å². The maximum Gasteiger partial charge on any atom is 0.408 e. The van der Waals surface area contributed by atoms with Crippen molar-refractivity contribution in [2.45, 2.75) is 50.1 Å². The fourth-order valence-electron chi connectivity index (χ4n) is 3.66. The highest BCUT2D eigenvalue weighted by molar-refractivity contribution is 8.15. The molecular formula is C22H29N3O5S2. The van der Waals surface area contributed by atoms with Crippen LogP contribution in [0.4, 0.5) is 4.79 Å². The standard InChI is InChI=1S/C22H29N3O5S2/c1-5-11-25-17-13-32(28,29)14-18(17)31-20(25)24-19(26)16(12-15-9-7-6-8-10-15)23-21(27)30-22(2,3)4/h5-10,16-18H,1,11-14H2,2-4H3,(H,23,27). The van der Waals surface area contributed by atoms with Crippen LogP contribution in [0.5, 0.6) is 0 Å². The zero-order valence-corrected chi connectivity index (χ0v) is 20.1. The van der Waals surface area contributed by atoms with Crippen LogP contribution in [0, 0.1) is 0 Å². The van der Waals surface area contributed by atoms with E-state index in [4.69, 9.17) is 4.74 Å². The number of hydrogen-bond donors (Lipinski definition) is 1. The molecule has 0 aromatic heterocycles. The van der Waals surface area contributed by atoms with E-state index in [9.17, 15) is 18.0 Å². The van der Waals surface area contributed by atoms with Crippen molar-refractivity contribution in [3.05, 3.63) is 48.6 Å². The third kappa shape index (κ3) is 6.35. The summed E-state index contributed by atoms with van der Waals surface area (Å²) in [4.78, 5) is 31.7. The molecule has 0 aliphatic carbocycles. The highest BCUT2D eigenvalue weighted by atomic mass is 32.2. The topological polar surface area (TPSA) is 105 Å². The predicted molar refractivity (Wildman–Crippen MR) is 126 cm³/mol. The molecule has 0 spiro atoms. The minimum absolute atomic E-state index is 0.0370. The first kappa shape index (κ1) is 24.3. The van der Waals surface area contributed by atoms with Gasteiger partial charge in [0.05, 0.1) is 17.5 Å². The van der Waals surface area contributed by atoms with E-state index in [0.29, 0.717) is 11.7 Å². The Morgan fingerprint density at radius 2 is 2.00 bits per heavy atom. The average Bonchev–Trinajstić information content (AvgIpc) is 3.13. The third-order valence-electron chi connectivity index (χ3n) is 4.98. The minimum Gasteiger partial charge on any atom is -0.444 e. The maximum absolute atomic E-state index is 13.2. The molecule has 2 heterocycles. The summed E-state index contributed by atoms with van der Waals surface area (Å²) in [5, 5.41) is 2.94. The molecule has 32 heavy (non-hydrogen) atoms.